The van der Waals surface area contributed by atoms with Crippen LogP contribution in [-0.2, 0) is 25.6 Å². The standard InChI is InChI=1S/C25H29F3N6OS/c1-32(2)15-20-30-22(21-18-8-3-4-9-19(18)36-23(21)31-20)33-10-12-34(13-11-33)24(35)29-17-7-5-6-16(14-17)25(26,27)28/h5-7,14H,3-4,8-13,15H2,1-2H3,(H,29,35). The minimum atomic E-state index is -4.46. The number of hydrogen-bond acceptors (Lipinski definition) is 6. The van der Waals surface area contributed by atoms with Crippen molar-refractivity contribution < 1.29 is 18.0 Å². The molecule has 1 aromatic carbocycles. The smallest absolute Gasteiger partial charge is 0.352 e. The molecule has 1 aliphatic heterocycles. The molecule has 0 radical (unpaired) electrons. The van der Waals surface area contributed by atoms with E-state index in [9.17, 15) is 18.0 Å². The van der Waals surface area contributed by atoms with Crippen molar-refractivity contribution in [2.24, 2.45) is 0 Å². The molecule has 1 aliphatic carbocycles. The second-order valence-electron chi connectivity index (χ2n) is 9.58. The lowest BCUT2D eigenvalue weighted by molar-refractivity contribution is -0.137. The molecule has 5 rings (SSSR count). The molecule has 0 atom stereocenters. The fourth-order valence-electron chi connectivity index (χ4n) is 4.86. The van der Waals surface area contributed by atoms with Crippen molar-refractivity contribution in [1.82, 2.24) is 19.8 Å². The molecular weight excluding hydrogens is 489 g/mol. The van der Waals surface area contributed by atoms with Gasteiger partial charge in [0.1, 0.15) is 16.5 Å². The lowest BCUT2D eigenvalue weighted by Gasteiger charge is -2.36. The minimum absolute atomic E-state index is 0.132. The Morgan fingerprint density at radius 1 is 1.11 bits per heavy atom. The summed E-state index contributed by atoms with van der Waals surface area (Å²) in [5.74, 6) is 1.72. The minimum Gasteiger partial charge on any atom is -0.352 e. The summed E-state index contributed by atoms with van der Waals surface area (Å²) in [6, 6.07) is 4.31. The Morgan fingerprint density at radius 2 is 1.86 bits per heavy atom. The first kappa shape index (κ1) is 24.8. The first-order valence-electron chi connectivity index (χ1n) is 12.1. The van der Waals surface area contributed by atoms with Crippen molar-refractivity contribution in [3.8, 4) is 0 Å². The zero-order valence-corrected chi connectivity index (χ0v) is 21.2. The first-order chi connectivity index (χ1) is 17.2. The van der Waals surface area contributed by atoms with Gasteiger partial charge in [0.2, 0.25) is 0 Å². The number of urea groups is 1. The summed E-state index contributed by atoms with van der Waals surface area (Å²) in [4.78, 5) is 31.0. The van der Waals surface area contributed by atoms with E-state index < -0.39 is 17.8 Å². The van der Waals surface area contributed by atoms with E-state index in [1.54, 1.807) is 16.2 Å². The number of hydrogen-bond donors (Lipinski definition) is 1. The van der Waals surface area contributed by atoms with Gasteiger partial charge >= 0.3 is 12.2 Å². The second kappa shape index (κ2) is 9.85. The molecule has 3 heterocycles. The van der Waals surface area contributed by atoms with Crippen molar-refractivity contribution in [1.29, 1.82) is 0 Å². The van der Waals surface area contributed by atoms with Crippen LogP contribution < -0.4 is 10.2 Å². The van der Waals surface area contributed by atoms with Gasteiger partial charge in [0.05, 0.1) is 17.5 Å². The molecule has 3 aromatic rings. The zero-order valence-electron chi connectivity index (χ0n) is 20.4. The van der Waals surface area contributed by atoms with Gasteiger partial charge in [-0.15, -0.1) is 11.3 Å². The van der Waals surface area contributed by atoms with E-state index in [1.165, 1.54) is 35.4 Å². The summed E-state index contributed by atoms with van der Waals surface area (Å²) in [5, 5.41) is 3.77. The zero-order chi connectivity index (χ0) is 25.4. The number of nitrogens with one attached hydrogen (secondary N) is 1. The number of halogens is 3. The Kier molecular flexibility index (Phi) is 6.78. The maximum atomic E-state index is 13.0. The van der Waals surface area contributed by atoms with Crippen molar-refractivity contribution in [3.05, 3.63) is 46.1 Å². The molecule has 0 unspecified atom stereocenters. The molecule has 1 fully saturated rings. The van der Waals surface area contributed by atoms with Gasteiger partial charge in [-0.2, -0.15) is 13.2 Å². The summed E-state index contributed by atoms with van der Waals surface area (Å²) in [5.41, 5.74) is 0.718. The van der Waals surface area contributed by atoms with Gasteiger partial charge in [-0.05, 0) is 63.5 Å². The predicted octanol–water partition coefficient (Wildman–Crippen LogP) is 5.00. The van der Waals surface area contributed by atoms with Crippen LogP contribution in [0.25, 0.3) is 10.2 Å². The number of aromatic nitrogens is 2. The molecule has 1 N–H and O–H groups in total. The Balaban J connectivity index is 1.33. The summed E-state index contributed by atoms with van der Waals surface area (Å²) in [6.07, 6.45) is 0.0376. The fraction of sp³-hybridized carbons (Fsp3) is 0.480. The highest BCUT2D eigenvalue weighted by atomic mass is 32.1. The third-order valence-corrected chi connectivity index (χ3v) is 7.79. The molecule has 11 heteroatoms. The van der Waals surface area contributed by atoms with Crippen LogP contribution in [0.3, 0.4) is 0 Å². The predicted molar refractivity (Wildman–Crippen MR) is 136 cm³/mol. The van der Waals surface area contributed by atoms with Crippen LogP contribution in [-0.4, -0.2) is 66.1 Å². The van der Waals surface area contributed by atoms with E-state index in [0.29, 0.717) is 32.7 Å². The first-order valence-corrected chi connectivity index (χ1v) is 12.9. The number of rotatable bonds is 4. The quantitative estimate of drug-likeness (QED) is 0.527. The fourth-order valence-corrected chi connectivity index (χ4v) is 6.14. The van der Waals surface area contributed by atoms with E-state index in [2.05, 4.69) is 15.1 Å². The number of fused-ring (bicyclic) bond motifs is 3. The van der Waals surface area contributed by atoms with Gasteiger partial charge < -0.3 is 20.0 Å². The van der Waals surface area contributed by atoms with Crippen LogP contribution in [0.1, 0.15) is 34.7 Å². The van der Waals surface area contributed by atoms with Gasteiger partial charge in [0, 0.05) is 36.7 Å². The van der Waals surface area contributed by atoms with Gasteiger partial charge in [-0.1, -0.05) is 6.07 Å². The van der Waals surface area contributed by atoms with Gasteiger partial charge in [-0.3, -0.25) is 0 Å². The highest BCUT2D eigenvalue weighted by Crippen LogP contribution is 2.40. The molecular formula is C25H29F3N6OS. The van der Waals surface area contributed by atoms with E-state index in [1.807, 2.05) is 14.1 Å². The van der Waals surface area contributed by atoms with Crippen molar-refractivity contribution in [2.45, 2.75) is 38.4 Å². The molecule has 2 aromatic heterocycles. The summed E-state index contributed by atoms with van der Waals surface area (Å²) >= 11 is 1.78. The summed E-state index contributed by atoms with van der Waals surface area (Å²) in [6.45, 7) is 2.73. The molecule has 2 aliphatic rings. The third-order valence-electron chi connectivity index (χ3n) is 6.61. The average Bonchev–Trinajstić information content (AvgIpc) is 3.21. The van der Waals surface area contributed by atoms with Crippen LogP contribution in [0, 0.1) is 0 Å². The van der Waals surface area contributed by atoms with Crippen LogP contribution in [0.15, 0.2) is 24.3 Å². The Hall–Kier alpha value is -2.92. The largest absolute Gasteiger partial charge is 0.416 e. The van der Waals surface area contributed by atoms with E-state index in [-0.39, 0.29) is 5.69 Å². The Labute approximate surface area is 211 Å². The van der Waals surface area contributed by atoms with E-state index in [0.717, 1.165) is 46.8 Å². The lowest BCUT2D eigenvalue weighted by atomic mass is 9.97. The van der Waals surface area contributed by atoms with Crippen LogP contribution >= 0.6 is 11.3 Å². The molecule has 36 heavy (non-hydrogen) atoms. The van der Waals surface area contributed by atoms with Crippen molar-refractivity contribution in [2.75, 3.05) is 50.5 Å². The Bertz CT molecular complexity index is 1270. The van der Waals surface area contributed by atoms with Gasteiger partial charge in [0.25, 0.3) is 0 Å². The lowest BCUT2D eigenvalue weighted by Crippen LogP contribution is -2.50. The number of thiophene rings is 1. The number of aryl methyl sites for hydroxylation is 2. The number of carbonyl (C=O) groups is 1. The number of carbonyl (C=O) groups excluding carboxylic acids is 1. The summed E-state index contributed by atoms with van der Waals surface area (Å²) in [7, 11) is 3.99. The van der Waals surface area contributed by atoms with E-state index in [4.69, 9.17) is 9.97 Å². The van der Waals surface area contributed by atoms with E-state index >= 15 is 0 Å². The number of alkyl halides is 3. The topological polar surface area (TPSA) is 64.6 Å². The number of amides is 2. The third kappa shape index (κ3) is 5.12. The number of piperazine rings is 1. The highest BCUT2D eigenvalue weighted by molar-refractivity contribution is 7.19. The molecule has 0 spiro atoms. The molecule has 1 saturated heterocycles. The van der Waals surface area contributed by atoms with Gasteiger partial charge in [-0.25, -0.2) is 14.8 Å². The highest BCUT2D eigenvalue weighted by Gasteiger charge is 2.31. The van der Waals surface area contributed by atoms with Crippen molar-refractivity contribution in [3.63, 3.8) is 0 Å². The molecule has 2 amide bonds. The summed E-state index contributed by atoms with van der Waals surface area (Å²) < 4.78 is 39.0. The molecule has 192 valence electrons. The number of anilines is 2. The molecule has 0 saturated carbocycles. The normalized spacial score (nSPS) is 16.5. The van der Waals surface area contributed by atoms with Gasteiger partial charge in [0.15, 0.2) is 0 Å². The number of benzene rings is 1. The van der Waals surface area contributed by atoms with Crippen LogP contribution in [0.4, 0.5) is 29.5 Å². The SMILES string of the molecule is CN(C)Cc1nc(N2CCN(C(=O)Nc3cccc(C(F)(F)F)c3)CC2)c2c3c(sc2n1)CCCC3. The molecule has 7 nitrogen and oxygen atoms in total. The number of nitrogens with zero attached hydrogens (tertiary/aromatic N) is 5. The Morgan fingerprint density at radius 3 is 2.58 bits per heavy atom. The van der Waals surface area contributed by atoms with Crippen LogP contribution in [0.5, 0.6) is 0 Å². The average molecular weight is 519 g/mol. The monoisotopic (exact) mass is 518 g/mol. The molecule has 0 bridgehead atoms. The second-order valence-corrected chi connectivity index (χ2v) is 10.7. The van der Waals surface area contributed by atoms with Crippen molar-refractivity contribution >= 4 is 39.1 Å². The maximum absolute atomic E-state index is 13.0. The van der Waals surface area contributed by atoms with Crippen LogP contribution in [0.2, 0.25) is 0 Å². The maximum Gasteiger partial charge on any atom is 0.416 e.